The van der Waals surface area contributed by atoms with E-state index in [1.165, 1.54) is 12.3 Å². The highest BCUT2D eigenvalue weighted by Gasteiger charge is 2.25. The van der Waals surface area contributed by atoms with Gasteiger partial charge in [0.2, 0.25) is 0 Å². The van der Waals surface area contributed by atoms with Gasteiger partial charge in [-0.25, -0.2) is 4.98 Å². The molecule has 0 aliphatic carbocycles. The molecule has 1 aromatic rings. The maximum atomic E-state index is 11.9. The molecule has 1 rings (SSSR count). The summed E-state index contributed by atoms with van der Waals surface area (Å²) in [5.74, 6) is 0.334. The molecule has 0 aromatic carbocycles. The fraction of sp³-hybridized carbons (Fsp3) is 0.455. The van der Waals surface area contributed by atoms with E-state index in [9.17, 15) is 13.2 Å². The number of pyridine rings is 1. The van der Waals surface area contributed by atoms with Gasteiger partial charge in [-0.1, -0.05) is 0 Å². The number of hydrogen-bond acceptors (Lipinski definition) is 4. The monoisotopic (exact) mass is 258 g/mol. The van der Waals surface area contributed by atoms with Crippen molar-refractivity contribution in [1.82, 2.24) is 4.98 Å². The molecule has 0 bridgehead atoms. The van der Waals surface area contributed by atoms with Gasteiger partial charge in [0.15, 0.2) is 5.82 Å². The number of nitrogens with zero attached hydrogens (tertiary/aromatic N) is 2. The molecule has 1 heterocycles. The van der Waals surface area contributed by atoms with Crippen molar-refractivity contribution in [1.29, 1.82) is 5.26 Å². The quantitative estimate of drug-likeness (QED) is 0.796. The van der Waals surface area contributed by atoms with Crippen molar-refractivity contribution in [3.05, 3.63) is 17.8 Å². The van der Waals surface area contributed by atoms with E-state index in [0.717, 1.165) is 0 Å². The lowest BCUT2D eigenvalue weighted by Gasteiger charge is -2.09. The van der Waals surface area contributed by atoms with E-state index in [-0.39, 0.29) is 12.1 Å². The van der Waals surface area contributed by atoms with Crippen molar-refractivity contribution in [2.75, 3.05) is 17.6 Å². The Balaban J connectivity index is 2.39. The number of nitrogens with two attached hydrogens (primary N) is 1. The molecule has 0 unspecified atom stereocenters. The van der Waals surface area contributed by atoms with Crippen LogP contribution in [0, 0.1) is 11.3 Å². The second kappa shape index (κ2) is 6.10. The van der Waals surface area contributed by atoms with Crippen molar-refractivity contribution in [2.24, 2.45) is 0 Å². The van der Waals surface area contributed by atoms with Gasteiger partial charge in [0.05, 0.1) is 11.3 Å². The van der Waals surface area contributed by atoms with Crippen molar-refractivity contribution < 1.29 is 13.2 Å². The molecule has 7 heteroatoms. The predicted octanol–water partition coefficient (Wildman–Crippen LogP) is 2.68. The molecular formula is C11H13F3N4. The molecule has 4 nitrogen and oxygen atoms in total. The summed E-state index contributed by atoms with van der Waals surface area (Å²) in [6, 6.07) is 3.38. The molecule has 3 N–H and O–H groups in total. The predicted molar refractivity (Wildman–Crippen MR) is 61.8 cm³/mol. The maximum Gasteiger partial charge on any atom is 0.389 e. The standard InChI is InChI=1S/C11H13F3N4/c12-11(13,14)4-1-2-5-17-10-9(16)8(7-15)3-6-18-10/h3,6H,1-2,4-5,16H2,(H,17,18). The Morgan fingerprint density at radius 2 is 2.11 bits per heavy atom. The Kier molecular flexibility index (Phi) is 4.77. The van der Waals surface area contributed by atoms with Gasteiger partial charge in [0.25, 0.3) is 0 Å². The van der Waals surface area contributed by atoms with E-state index in [1.807, 2.05) is 6.07 Å². The number of hydrogen-bond donors (Lipinski definition) is 2. The zero-order valence-corrected chi connectivity index (χ0v) is 9.59. The highest BCUT2D eigenvalue weighted by Crippen LogP contribution is 2.22. The van der Waals surface area contributed by atoms with Crippen molar-refractivity contribution in [3.8, 4) is 6.07 Å². The molecule has 0 radical (unpaired) electrons. The first-order valence-corrected chi connectivity index (χ1v) is 5.39. The van der Waals surface area contributed by atoms with Gasteiger partial charge in [-0.3, -0.25) is 0 Å². The molecule has 0 amide bonds. The van der Waals surface area contributed by atoms with Crippen LogP contribution >= 0.6 is 0 Å². The highest BCUT2D eigenvalue weighted by atomic mass is 19.4. The first-order chi connectivity index (χ1) is 8.44. The summed E-state index contributed by atoms with van der Waals surface area (Å²) in [6.45, 7) is 0.335. The summed E-state index contributed by atoms with van der Waals surface area (Å²) >= 11 is 0. The maximum absolute atomic E-state index is 11.9. The molecule has 0 aliphatic heterocycles. The average molecular weight is 258 g/mol. The molecule has 0 saturated heterocycles. The minimum atomic E-state index is -4.11. The van der Waals surface area contributed by atoms with Crippen molar-refractivity contribution >= 4 is 11.5 Å². The molecule has 0 atom stereocenters. The molecule has 98 valence electrons. The third-order valence-corrected chi connectivity index (χ3v) is 2.29. The Morgan fingerprint density at radius 3 is 2.72 bits per heavy atom. The summed E-state index contributed by atoms with van der Waals surface area (Å²) < 4.78 is 35.6. The number of anilines is 2. The second-order valence-corrected chi connectivity index (χ2v) is 3.73. The van der Waals surface area contributed by atoms with Crippen LogP contribution in [0.15, 0.2) is 12.3 Å². The number of aromatic nitrogens is 1. The van der Waals surface area contributed by atoms with E-state index >= 15 is 0 Å². The third-order valence-electron chi connectivity index (χ3n) is 2.29. The van der Waals surface area contributed by atoms with E-state index < -0.39 is 12.6 Å². The molecule has 0 saturated carbocycles. The van der Waals surface area contributed by atoms with E-state index in [1.54, 1.807) is 0 Å². The lowest BCUT2D eigenvalue weighted by molar-refractivity contribution is -0.135. The minimum absolute atomic E-state index is 0.0499. The normalized spacial score (nSPS) is 11.0. The largest absolute Gasteiger partial charge is 0.395 e. The number of rotatable bonds is 5. The number of halogens is 3. The zero-order chi connectivity index (χ0) is 13.6. The van der Waals surface area contributed by atoms with Crippen LogP contribution in [0.1, 0.15) is 24.8 Å². The van der Waals surface area contributed by atoms with Gasteiger partial charge in [-0.2, -0.15) is 18.4 Å². The van der Waals surface area contributed by atoms with Crippen LogP contribution in [0.2, 0.25) is 0 Å². The Bertz CT molecular complexity index is 437. The van der Waals surface area contributed by atoms with Crippen LogP contribution in [-0.4, -0.2) is 17.7 Å². The van der Waals surface area contributed by atoms with Gasteiger partial charge < -0.3 is 11.1 Å². The Labute approximate surface area is 103 Å². The summed E-state index contributed by atoms with van der Waals surface area (Å²) in [7, 11) is 0. The first-order valence-electron chi connectivity index (χ1n) is 5.39. The Morgan fingerprint density at radius 1 is 1.39 bits per heavy atom. The molecule has 1 aromatic heterocycles. The summed E-state index contributed by atoms with van der Waals surface area (Å²) in [5, 5.41) is 11.6. The van der Waals surface area contributed by atoms with Crippen LogP contribution in [0.5, 0.6) is 0 Å². The minimum Gasteiger partial charge on any atom is -0.395 e. The molecule has 0 aliphatic rings. The van der Waals surface area contributed by atoms with Gasteiger partial charge >= 0.3 is 6.18 Å². The SMILES string of the molecule is N#Cc1ccnc(NCCCCC(F)(F)F)c1N. The van der Waals surface area contributed by atoms with Crippen LogP contribution in [0.4, 0.5) is 24.7 Å². The number of nitrogens with one attached hydrogen (secondary N) is 1. The summed E-state index contributed by atoms with van der Waals surface area (Å²) in [6.07, 6.45) is -3.08. The molecule has 0 fully saturated rings. The van der Waals surface area contributed by atoms with Gasteiger partial charge in [0.1, 0.15) is 6.07 Å². The fourth-order valence-electron chi connectivity index (χ4n) is 1.37. The summed E-state index contributed by atoms with van der Waals surface area (Å²) in [5.41, 5.74) is 6.16. The fourth-order valence-corrected chi connectivity index (χ4v) is 1.37. The topological polar surface area (TPSA) is 74.7 Å². The Hall–Kier alpha value is -1.97. The van der Waals surface area contributed by atoms with E-state index in [0.29, 0.717) is 24.3 Å². The van der Waals surface area contributed by atoms with Gasteiger partial charge in [0, 0.05) is 19.2 Å². The molecule has 0 spiro atoms. The van der Waals surface area contributed by atoms with Crippen molar-refractivity contribution in [3.63, 3.8) is 0 Å². The van der Waals surface area contributed by atoms with E-state index in [4.69, 9.17) is 11.0 Å². The number of nitrogen functional groups attached to an aromatic ring is 1. The highest BCUT2D eigenvalue weighted by molar-refractivity contribution is 5.68. The number of nitriles is 1. The second-order valence-electron chi connectivity index (χ2n) is 3.73. The molecule has 18 heavy (non-hydrogen) atoms. The smallest absolute Gasteiger partial charge is 0.389 e. The first kappa shape index (κ1) is 14.1. The average Bonchev–Trinajstić information content (AvgIpc) is 2.29. The molecular weight excluding hydrogens is 245 g/mol. The van der Waals surface area contributed by atoms with Crippen molar-refractivity contribution in [2.45, 2.75) is 25.4 Å². The van der Waals surface area contributed by atoms with E-state index in [2.05, 4.69) is 10.3 Å². The lowest BCUT2D eigenvalue weighted by Crippen LogP contribution is -2.10. The van der Waals surface area contributed by atoms with Gasteiger partial charge in [-0.15, -0.1) is 0 Å². The van der Waals surface area contributed by atoms with Crippen LogP contribution in [-0.2, 0) is 0 Å². The summed E-state index contributed by atoms with van der Waals surface area (Å²) in [4.78, 5) is 3.92. The van der Waals surface area contributed by atoms with Gasteiger partial charge in [-0.05, 0) is 18.9 Å². The lowest BCUT2D eigenvalue weighted by atomic mass is 10.2. The van der Waals surface area contributed by atoms with Crippen LogP contribution in [0.25, 0.3) is 0 Å². The third kappa shape index (κ3) is 4.49. The van der Waals surface area contributed by atoms with Crippen LogP contribution < -0.4 is 11.1 Å². The van der Waals surface area contributed by atoms with Crippen LogP contribution in [0.3, 0.4) is 0 Å². The zero-order valence-electron chi connectivity index (χ0n) is 9.59. The number of unbranched alkanes of at least 4 members (excludes halogenated alkanes) is 1. The number of alkyl halides is 3.